The second-order valence-electron chi connectivity index (χ2n) is 9.90. The van der Waals surface area contributed by atoms with Gasteiger partial charge in [0.2, 0.25) is 0 Å². The zero-order chi connectivity index (χ0) is 22.6. The lowest BCUT2D eigenvalue weighted by Gasteiger charge is -2.42. The molecule has 4 atom stereocenters. The highest BCUT2D eigenvalue weighted by atomic mass is 19.4. The van der Waals surface area contributed by atoms with E-state index < -0.39 is 6.36 Å². The van der Waals surface area contributed by atoms with Gasteiger partial charge < -0.3 is 4.74 Å². The first-order valence-corrected chi connectivity index (χ1v) is 12.4. The minimum absolute atomic E-state index is 0.185. The van der Waals surface area contributed by atoms with Crippen LogP contribution in [0.4, 0.5) is 13.2 Å². The molecule has 4 heteroatoms. The van der Waals surface area contributed by atoms with Crippen molar-refractivity contribution in [3.63, 3.8) is 0 Å². The number of hydrogen-bond acceptors (Lipinski definition) is 1. The van der Waals surface area contributed by atoms with E-state index in [9.17, 15) is 13.2 Å². The Kier molecular flexibility index (Phi) is 7.48. The molecule has 2 aromatic rings. The molecule has 2 fully saturated rings. The molecule has 174 valence electrons. The normalized spacial score (nSPS) is 25.9. The van der Waals surface area contributed by atoms with Crippen LogP contribution in [0, 0.1) is 17.8 Å². The average molecular weight is 445 g/mol. The Balaban J connectivity index is 1.32. The first kappa shape index (κ1) is 23.2. The van der Waals surface area contributed by atoms with Gasteiger partial charge in [-0.25, -0.2) is 0 Å². The van der Waals surface area contributed by atoms with Crippen LogP contribution in [0.25, 0.3) is 11.1 Å². The Labute approximate surface area is 190 Å². The van der Waals surface area contributed by atoms with Crippen LogP contribution < -0.4 is 4.74 Å². The molecule has 0 radical (unpaired) electrons. The van der Waals surface area contributed by atoms with E-state index in [2.05, 4.69) is 35.9 Å². The highest BCUT2D eigenvalue weighted by Crippen LogP contribution is 2.48. The monoisotopic (exact) mass is 444 g/mol. The molecule has 0 spiro atoms. The average Bonchev–Trinajstić information content (AvgIpc) is 2.78. The fraction of sp³-hybridized carbons (Fsp3) is 0.571. The highest BCUT2D eigenvalue weighted by molar-refractivity contribution is 5.64. The molecule has 2 aliphatic rings. The van der Waals surface area contributed by atoms with Gasteiger partial charge >= 0.3 is 6.36 Å². The van der Waals surface area contributed by atoms with Crippen molar-refractivity contribution in [2.24, 2.45) is 17.8 Å². The highest BCUT2D eigenvalue weighted by Gasteiger charge is 2.35. The predicted molar refractivity (Wildman–Crippen MR) is 124 cm³/mol. The van der Waals surface area contributed by atoms with Crippen LogP contribution in [0.3, 0.4) is 0 Å². The largest absolute Gasteiger partial charge is 0.573 e. The number of alkyl halides is 3. The van der Waals surface area contributed by atoms with Gasteiger partial charge in [-0.2, -0.15) is 0 Å². The predicted octanol–water partition coefficient (Wildman–Crippen LogP) is 9.13. The smallest absolute Gasteiger partial charge is 0.406 e. The Bertz CT molecular complexity index is 840. The van der Waals surface area contributed by atoms with Crippen LogP contribution in [-0.2, 0) is 0 Å². The van der Waals surface area contributed by atoms with Crippen molar-refractivity contribution in [2.45, 2.75) is 83.4 Å². The Morgan fingerprint density at radius 1 is 0.781 bits per heavy atom. The van der Waals surface area contributed by atoms with Crippen molar-refractivity contribution in [3.8, 4) is 16.9 Å². The van der Waals surface area contributed by atoms with Gasteiger partial charge in [-0.1, -0.05) is 75.4 Å². The van der Waals surface area contributed by atoms with Crippen molar-refractivity contribution in [1.82, 2.24) is 0 Å². The third-order valence-electron chi connectivity index (χ3n) is 7.74. The summed E-state index contributed by atoms with van der Waals surface area (Å²) in [5.41, 5.74) is 3.33. The standard InChI is InChI=1S/C28H35F3O/c1-2-3-4-5-20-6-7-26-19-25(13-12-24(26)18-20)23-10-8-21(9-11-23)22-14-16-27(17-15-22)32-28(29,30)31/h8-11,14-17,20,24-26H,2-7,12-13,18-19H2,1H3. The molecular formula is C28H35F3O. The van der Waals surface area contributed by atoms with Gasteiger partial charge in [0.25, 0.3) is 0 Å². The molecule has 0 aromatic heterocycles. The Morgan fingerprint density at radius 2 is 1.41 bits per heavy atom. The number of ether oxygens (including phenoxy) is 1. The second kappa shape index (κ2) is 10.3. The van der Waals surface area contributed by atoms with Crippen LogP contribution in [0.1, 0.15) is 82.6 Å². The molecule has 4 unspecified atom stereocenters. The van der Waals surface area contributed by atoms with E-state index in [1.54, 1.807) is 12.1 Å². The van der Waals surface area contributed by atoms with E-state index in [1.165, 1.54) is 81.9 Å². The van der Waals surface area contributed by atoms with E-state index in [0.717, 1.165) is 28.9 Å². The second-order valence-corrected chi connectivity index (χ2v) is 9.90. The summed E-state index contributed by atoms with van der Waals surface area (Å²) < 4.78 is 41.0. The fourth-order valence-corrected chi connectivity index (χ4v) is 6.03. The van der Waals surface area contributed by atoms with Crippen molar-refractivity contribution >= 4 is 0 Å². The van der Waals surface area contributed by atoms with E-state index in [-0.39, 0.29) is 5.75 Å². The molecule has 4 rings (SSSR count). The molecule has 0 amide bonds. The zero-order valence-electron chi connectivity index (χ0n) is 19.0. The van der Waals surface area contributed by atoms with Gasteiger partial charge in [-0.15, -0.1) is 13.2 Å². The number of rotatable bonds is 7. The first-order chi connectivity index (χ1) is 15.4. The maximum Gasteiger partial charge on any atom is 0.573 e. The molecule has 2 aromatic carbocycles. The topological polar surface area (TPSA) is 9.23 Å². The van der Waals surface area contributed by atoms with Gasteiger partial charge in [0, 0.05) is 0 Å². The third kappa shape index (κ3) is 6.08. The van der Waals surface area contributed by atoms with Crippen molar-refractivity contribution in [2.75, 3.05) is 0 Å². The van der Waals surface area contributed by atoms with E-state index in [0.29, 0.717) is 5.92 Å². The summed E-state index contributed by atoms with van der Waals surface area (Å²) in [5.74, 6) is 3.24. The van der Waals surface area contributed by atoms with Gasteiger partial charge in [-0.3, -0.25) is 0 Å². The molecule has 32 heavy (non-hydrogen) atoms. The SMILES string of the molecule is CCCCCC1CCC2CC(c3ccc(-c4ccc(OC(F)(F)F)cc4)cc3)CCC2C1. The Hall–Kier alpha value is -1.97. The van der Waals surface area contributed by atoms with Gasteiger partial charge in [-0.05, 0) is 84.6 Å². The zero-order valence-corrected chi connectivity index (χ0v) is 19.0. The number of benzene rings is 2. The van der Waals surface area contributed by atoms with Crippen molar-refractivity contribution in [1.29, 1.82) is 0 Å². The minimum atomic E-state index is -4.66. The van der Waals surface area contributed by atoms with Crippen LogP contribution in [-0.4, -0.2) is 6.36 Å². The van der Waals surface area contributed by atoms with Crippen LogP contribution in [0.15, 0.2) is 48.5 Å². The number of unbranched alkanes of at least 4 members (excludes halogenated alkanes) is 2. The lowest BCUT2D eigenvalue weighted by molar-refractivity contribution is -0.274. The summed E-state index contributed by atoms with van der Waals surface area (Å²) in [6.07, 6.45) is 9.13. The van der Waals surface area contributed by atoms with E-state index in [1.807, 2.05) is 0 Å². The molecular weight excluding hydrogens is 409 g/mol. The minimum Gasteiger partial charge on any atom is -0.406 e. The molecule has 0 heterocycles. The van der Waals surface area contributed by atoms with Crippen molar-refractivity contribution < 1.29 is 17.9 Å². The van der Waals surface area contributed by atoms with Crippen molar-refractivity contribution in [3.05, 3.63) is 54.1 Å². The molecule has 2 aliphatic carbocycles. The van der Waals surface area contributed by atoms with Gasteiger partial charge in [0.15, 0.2) is 0 Å². The summed E-state index contributed by atoms with van der Waals surface area (Å²) in [6, 6.07) is 14.7. The molecule has 2 saturated carbocycles. The molecule has 0 bridgehead atoms. The Morgan fingerprint density at radius 3 is 2.06 bits per heavy atom. The molecule has 1 nitrogen and oxygen atoms in total. The van der Waals surface area contributed by atoms with E-state index in [4.69, 9.17) is 0 Å². The van der Waals surface area contributed by atoms with Gasteiger partial charge in [0.1, 0.15) is 5.75 Å². The summed E-state index contributed by atoms with van der Waals surface area (Å²) >= 11 is 0. The number of fused-ring (bicyclic) bond motifs is 1. The fourth-order valence-electron chi connectivity index (χ4n) is 6.03. The number of halogens is 3. The molecule has 0 N–H and O–H groups in total. The summed E-state index contributed by atoms with van der Waals surface area (Å²) in [6.45, 7) is 2.29. The summed E-state index contributed by atoms with van der Waals surface area (Å²) in [5, 5.41) is 0. The van der Waals surface area contributed by atoms with Crippen LogP contribution in [0.2, 0.25) is 0 Å². The van der Waals surface area contributed by atoms with Crippen LogP contribution >= 0.6 is 0 Å². The first-order valence-electron chi connectivity index (χ1n) is 12.4. The summed E-state index contributed by atoms with van der Waals surface area (Å²) in [4.78, 5) is 0. The quantitative estimate of drug-likeness (QED) is 0.387. The third-order valence-corrected chi connectivity index (χ3v) is 7.74. The number of hydrogen-bond donors (Lipinski definition) is 0. The maximum absolute atomic E-state index is 12.3. The molecule has 0 aliphatic heterocycles. The van der Waals surface area contributed by atoms with Crippen LogP contribution in [0.5, 0.6) is 5.75 Å². The maximum atomic E-state index is 12.3. The lowest BCUT2D eigenvalue weighted by atomic mass is 9.63. The van der Waals surface area contributed by atoms with E-state index >= 15 is 0 Å². The van der Waals surface area contributed by atoms with Gasteiger partial charge in [0.05, 0.1) is 0 Å². The summed E-state index contributed by atoms with van der Waals surface area (Å²) in [7, 11) is 0. The molecule has 0 saturated heterocycles. The lowest BCUT2D eigenvalue weighted by Crippen LogP contribution is -2.30.